The number of aromatic nitrogens is 2. The summed E-state index contributed by atoms with van der Waals surface area (Å²) in [6.07, 6.45) is 2.84. The number of thiazole rings is 1. The fraction of sp³-hybridized carbons (Fsp3) is 0.240. The molecular weight excluding hydrogens is 411 g/mol. The molecule has 5 rings (SSSR count). The maximum Gasteiger partial charge on any atom is 0.305 e. The average Bonchev–Trinajstić information content (AvgIpc) is 3.51. The van der Waals surface area contributed by atoms with Crippen LogP contribution in [0.25, 0.3) is 20.9 Å². The van der Waals surface area contributed by atoms with Gasteiger partial charge in [-0.3, -0.25) is 4.79 Å². The number of carbonyl (C=O) groups excluding carboxylic acids is 1. The minimum absolute atomic E-state index is 0.00780. The summed E-state index contributed by atoms with van der Waals surface area (Å²) < 4.78 is 19.4. The van der Waals surface area contributed by atoms with Crippen molar-refractivity contribution in [1.82, 2.24) is 9.97 Å². The van der Waals surface area contributed by atoms with Crippen LogP contribution in [0.4, 0.5) is 4.39 Å². The Labute approximate surface area is 183 Å². The second kappa shape index (κ2) is 7.85. The van der Waals surface area contributed by atoms with Gasteiger partial charge >= 0.3 is 5.97 Å². The van der Waals surface area contributed by atoms with E-state index in [1.165, 1.54) is 30.1 Å². The minimum atomic E-state index is -0.343. The third kappa shape index (κ3) is 3.72. The van der Waals surface area contributed by atoms with Gasteiger partial charge in [0.2, 0.25) is 0 Å². The number of pyridine rings is 1. The Hall–Kier alpha value is -3.12. The number of fused-ring (bicyclic) bond motifs is 1. The molecule has 0 radical (unpaired) electrons. The van der Waals surface area contributed by atoms with Gasteiger partial charge in [-0.15, -0.1) is 0 Å². The van der Waals surface area contributed by atoms with Crippen molar-refractivity contribution in [3.05, 3.63) is 83.3 Å². The standard InChI is InChI=1S/C25H21FN2O2S/c1-30-22(29)12-8-16-7-9-18(19(26)15-16)23-27-20-10-11-21(28-24(20)31-23)25(13-14-25)17-5-3-2-4-6-17/h2-7,9-11,15H,8,12-14H2,1H3. The maximum absolute atomic E-state index is 14.8. The SMILES string of the molecule is COC(=O)CCc1ccc(-c2nc3ccc(C4(c5ccccc5)CC4)nc3s2)c(F)c1. The molecule has 4 aromatic rings. The maximum atomic E-state index is 14.8. The first-order chi connectivity index (χ1) is 15.1. The lowest BCUT2D eigenvalue weighted by Crippen LogP contribution is -2.10. The lowest BCUT2D eigenvalue weighted by Gasteiger charge is -2.14. The zero-order valence-electron chi connectivity index (χ0n) is 17.1. The summed E-state index contributed by atoms with van der Waals surface area (Å²) in [5.41, 5.74) is 4.33. The molecule has 2 aromatic carbocycles. The van der Waals surface area contributed by atoms with Crippen molar-refractivity contribution in [2.24, 2.45) is 0 Å². The number of aryl methyl sites for hydroxylation is 1. The fourth-order valence-electron chi connectivity index (χ4n) is 4.01. The van der Waals surface area contributed by atoms with Crippen molar-refractivity contribution in [3.63, 3.8) is 0 Å². The van der Waals surface area contributed by atoms with Crippen molar-refractivity contribution in [1.29, 1.82) is 0 Å². The molecule has 0 spiro atoms. The number of esters is 1. The third-order valence-electron chi connectivity index (χ3n) is 5.93. The van der Waals surface area contributed by atoms with E-state index in [0.717, 1.165) is 34.4 Å². The lowest BCUT2D eigenvalue weighted by molar-refractivity contribution is -0.140. The van der Waals surface area contributed by atoms with E-state index < -0.39 is 0 Å². The Bertz CT molecular complexity index is 1270. The summed E-state index contributed by atoms with van der Waals surface area (Å²) in [7, 11) is 1.35. The minimum Gasteiger partial charge on any atom is -0.469 e. The van der Waals surface area contributed by atoms with Crippen LogP contribution in [0.3, 0.4) is 0 Å². The Kier molecular flexibility index (Phi) is 5.02. The number of rotatable bonds is 6. The molecule has 1 saturated carbocycles. The molecule has 1 aliphatic carbocycles. The molecule has 0 aliphatic heterocycles. The van der Waals surface area contributed by atoms with Crippen LogP contribution in [-0.2, 0) is 21.4 Å². The summed E-state index contributed by atoms with van der Waals surface area (Å²) in [6.45, 7) is 0. The smallest absolute Gasteiger partial charge is 0.305 e. The van der Waals surface area contributed by atoms with Gasteiger partial charge in [-0.2, -0.15) is 0 Å². The summed E-state index contributed by atoms with van der Waals surface area (Å²) in [4.78, 5) is 21.7. The summed E-state index contributed by atoms with van der Waals surface area (Å²) in [5, 5.41) is 0.612. The van der Waals surface area contributed by atoms with Gasteiger partial charge in [0.1, 0.15) is 21.2 Å². The summed E-state index contributed by atoms with van der Waals surface area (Å²) >= 11 is 1.41. The van der Waals surface area contributed by atoms with E-state index in [1.807, 2.05) is 18.2 Å². The van der Waals surface area contributed by atoms with Gasteiger partial charge in [-0.1, -0.05) is 47.7 Å². The van der Waals surface area contributed by atoms with E-state index in [-0.39, 0.29) is 23.6 Å². The molecule has 31 heavy (non-hydrogen) atoms. The van der Waals surface area contributed by atoms with Crippen molar-refractivity contribution >= 4 is 27.7 Å². The predicted molar refractivity (Wildman–Crippen MR) is 120 cm³/mol. The Balaban J connectivity index is 1.44. The first-order valence-electron chi connectivity index (χ1n) is 10.3. The number of methoxy groups -OCH3 is 1. The number of hydrogen-bond donors (Lipinski definition) is 0. The van der Waals surface area contributed by atoms with Gasteiger partial charge in [-0.05, 0) is 54.7 Å². The number of benzene rings is 2. The molecule has 4 nitrogen and oxygen atoms in total. The molecule has 1 aliphatic rings. The van der Waals surface area contributed by atoms with Gasteiger partial charge in [0.05, 0.1) is 12.8 Å². The largest absolute Gasteiger partial charge is 0.469 e. The zero-order valence-corrected chi connectivity index (χ0v) is 17.9. The molecular formula is C25H21FN2O2S. The molecule has 0 atom stereocenters. The van der Waals surface area contributed by atoms with Crippen LogP contribution in [0.2, 0.25) is 0 Å². The van der Waals surface area contributed by atoms with Gasteiger partial charge < -0.3 is 4.74 Å². The van der Waals surface area contributed by atoms with Gasteiger partial charge in [-0.25, -0.2) is 14.4 Å². The highest BCUT2D eigenvalue weighted by molar-refractivity contribution is 7.21. The normalized spacial score (nSPS) is 14.5. The van der Waals surface area contributed by atoms with Crippen molar-refractivity contribution in [2.75, 3.05) is 7.11 Å². The van der Waals surface area contributed by atoms with E-state index in [1.54, 1.807) is 6.07 Å². The van der Waals surface area contributed by atoms with Crippen LogP contribution >= 0.6 is 11.3 Å². The molecule has 0 N–H and O–H groups in total. The van der Waals surface area contributed by atoms with E-state index >= 15 is 0 Å². The molecule has 0 bridgehead atoms. The number of ether oxygens (including phenoxy) is 1. The number of carbonyl (C=O) groups is 1. The van der Waals surface area contributed by atoms with Crippen LogP contribution in [0, 0.1) is 5.82 Å². The Morgan fingerprint density at radius 3 is 2.61 bits per heavy atom. The van der Waals surface area contributed by atoms with Crippen molar-refractivity contribution in [2.45, 2.75) is 31.1 Å². The second-order valence-corrected chi connectivity index (χ2v) is 8.86. The van der Waals surface area contributed by atoms with Crippen LogP contribution in [-0.4, -0.2) is 23.0 Å². The summed E-state index contributed by atoms with van der Waals surface area (Å²) in [6, 6.07) is 19.6. The topological polar surface area (TPSA) is 52.1 Å². The highest BCUT2D eigenvalue weighted by atomic mass is 32.1. The number of hydrogen-bond acceptors (Lipinski definition) is 5. The second-order valence-electron chi connectivity index (χ2n) is 7.88. The fourth-order valence-corrected chi connectivity index (χ4v) is 4.97. The average molecular weight is 433 g/mol. The van der Waals surface area contributed by atoms with Crippen LogP contribution in [0.15, 0.2) is 60.7 Å². The monoisotopic (exact) mass is 432 g/mol. The number of halogens is 1. The molecule has 1 fully saturated rings. The van der Waals surface area contributed by atoms with Gasteiger partial charge in [0.15, 0.2) is 0 Å². The number of nitrogens with zero attached hydrogens (tertiary/aromatic N) is 2. The first kappa shape index (κ1) is 19.8. The third-order valence-corrected chi connectivity index (χ3v) is 6.93. The van der Waals surface area contributed by atoms with E-state index in [4.69, 9.17) is 4.98 Å². The molecule has 156 valence electrons. The highest BCUT2D eigenvalue weighted by Gasteiger charge is 2.47. The van der Waals surface area contributed by atoms with Gasteiger partial charge in [0, 0.05) is 17.4 Å². The van der Waals surface area contributed by atoms with Crippen molar-refractivity contribution in [3.8, 4) is 10.6 Å². The first-order valence-corrected chi connectivity index (χ1v) is 11.1. The van der Waals surface area contributed by atoms with E-state index in [0.29, 0.717) is 17.0 Å². The molecule has 6 heteroatoms. The molecule has 0 amide bonds. The lowest BCUT2D eigenvalue weighted by atomic mass is 9.92. The Morgan fingerprint density at radius 2 is 1.90 bits per heavy atom. The summed E-state index contributed by atoms with van der Waals surface area (Å²) in [5.74, 6) is -0.647. The van der Waals surface area contributed by atoms with Crippen LogP contribution in [0.5, 0.6) is 0 Å². The zero-order chi connectivity index (χ0) is 21.4. The van der Waals surface area contributed by atoms with E-state index in [9.17, 15) is 9.18 Å². The Morgan fingerprint density at radius 1 is 1.10 bits per heavy atom. The molecule has 0 saturated heterocycles. The van der Waals surface area contributed by atoms with E-state index in [2.05, 4.69) is 40.1 Å². The molecule has 2 heterocycles. The molecule has 0 unspecified atom stereocenters. The highest BCUT2D eigenvalue weighted by Crippen LogP contribution is 2.53. The van der Waals surface area contributed by atoms with Crippen molar-refractivity contribution < 1.29 is 13.9 Å². The quantitative estimate of drug-likeness (QED) is 0.368. The predicted octanol–water partition coefficient (Wildman–Crippen LogP) is 5.68. The van der Waals surface area contributed by atoms with Crippen LogP contribution in [0.1, 0.15) is 36.1 Å². The molecule has 2 aromatic heterocycles. The van der Waals surface area contributed by atoms with Crippen LogP contribution < -0.4 is 0 Å². The van der Waals surface area contributed by atoms with Gasteiger partial charge in [0.25, 0.3) is 0 Å².